The quantitative estimate of drug-likeness (QED) is 0.835. The molecule has 2 atom stereocenters. The van der Waals surface area contributed by atoms with Crippen molar-refractivity contribution in [2.75, 3.05) is 6.54 Å². The van der Waals surface area contributed by atoms with Gasteiger partial charge >= 0.3 is 0 Å². The van der Waals surface area contributed by atoms with E-state index in [0.717, 1.165) is 29.3 Å². The molecule has 1 aromatic rings. The average molecular weight is 256 g/mol. The van der Waals surface area contributed by atoms with Crippen LogP contribution in [0.15, 0.2) is 18.2 Å². The Morgan fingerprint density at radius 2 is 2.06 bits per heavy atom. The second kappa shape index (κ2) is 6.87. The molecule has 1 aromatic carbocycles. The van der Waals surface area contributed by atoms with Crippen LogP contribution in [0.2, 0.25) is 5.02 Å². The second-order valence-corrected chi connectivity index (χ2v) is 4.97. The summed E-state index contributed by atoms with van der Waals surface area (Å²) in [6, 6.07) is 6.22. The number of rotatable bonds is 6. The molecule has 0 saturated carbocycles. The van der Waals surface area contributed by atoms with Gasteiger partial charge in [0.1, 0.15) is 5.75 Å². The SMILES string of the molecule is CCNC(C)CC(C)Oc1cc(Cl)ccc1C. The minimum atomic E-state index is 0.182. The molecule has 0 amide bonds. The van der Waals surface area contributed by atoms with E-state index in [4.69, 9.17) is 16.3 Å². The van der Waals surface area contributed by atoms with Crippen molar-refractivity contribution in [2.24, 2.45) is 0 Å². The van der Waals surface area contributed by atoms with E-state index >= 15 is 0 Å². The highest BCUT2D eigenvalue weighted by Gasteiger charge is 2.10. The number of hydrogen-bond donors (Lipinski definition) is 1. The first-order valence-corrected chi connectivity index (χ1v) is 6.57. The Labute approximate surface area is 109 Å². The van der Waals surface area contributed by atoms with Crippen LogP contribution in [0.1, 0.15) is 32.8 Å². The molecule has 0 aliphatic carbocycles. The van der Waals surface area contributed by atoms with E-state index in [2.05, 4.69) is 26.1 Å². The first kappa shape index (κ1) is 14.3. The molecule has 0 spiro atoms. The zero-order valence-electron chi connectivity index (χ0n) is 11.1. The zero-order valence-corrected chi connectivity index (χ0v) is 11.8. The molecule has 0 aromatic heterocycles. The summed E-state index contributed by atoms with van der Waals surface area (Å²) >= 11 is 5.96. The van der Waals surface area contributed by atoms with Crippen LogP contribution in [0.4, 0.5) is 0 Å². The molecule has 17 heavy (non-hydrogen) atoms. The summed E-state index contributed by atoms with van der Waals surface area (Å²) in [5.41, 5.74) is 1.12. The van der Waals surface area contributed by atoms with Gasteiger partial charge in [-0.05, 0) is 51.4 Å². The van der Waals surface area contributed by atoms with Crippen LogP contribution < -0.4 is 10.1 Å². The fourth-order valence-corrected chi connectivity index (χ4v) is 2.06. The van der Waals surface area contributed by atoms with Crippen LogP contribution in [0, 0.1) is 6.92 Å². The smallest absolute Gasteiger partial charge is 0.124 e. The molecular weight excluding hydrogens is 234 g/mol. The van der Waals surface area contributed by atoms with Gasteiger partial charge in [-0.2, -0.15) is 0 Å². The summed E-state index contributed by atoms with van der Waals surface area (Å²) in [7, 11) is 0. The molecular formula is C14H22ClNO. The van der Waals surface area contributed by atoms with Crippen molar-refractivity contribution >= 4 is 11.6 Å². The van der Waals surface area contributed by atoms with Gasteiger partial charge in [0.25, 0.3) is 0 Å². The molecule has 2 unspecified atom stereocenters. The third-order valence-electron chi connectivity index (χ3n) is 2.72. The fraction of sp³-hybridized carbons (Fsp3) is 0.571. The molecule has 3 heteroatoms. The maximum Gasteiger partial charge on any atom is 0.124 e. The number of halogens is 1. The van der Waals surface area contributed by atoms with Crippen LogP contribution in [0.3, 0.4) is 0 Å². The van der Waals surface area contributed by atoms with Crippen LogP contribution in [-0.2, 0) is 0 Å². The Morgan fingerprint density at radius 3 is 2.71 bits per heavy atom. The van der Waals surface area contributed by atoms with Crippen molar-refractivity contribution in [2.45, 2.75) is 46.3 Å². The van der Waals surface area contributed by atoms with Crippen LogP contribution >= 0.6 is 11.6 Å². The maximum atomic E-state index is 5.96. The first-order chi connectivity index (χ1) is 8.02. The third-order valence-corrected chi connectivity index (χ3v) is 2.95. The summed E-state index contributed by atoms with van der Waals surface area (Å²) in [6.07, 6.45) is 1.17. The highest BCUT2D eigenvalue weighted by atomic mass is 35.5. The number of ether oxygens (including phenoxy) is 1. The summed E-state index contributed by atoms with van der Waals surface area (Å²) < 4.78 is 5.92. The minimum Gasteiger partial charge on any atom is -0.490 e. The number of aryl methyl sites for hydroxylation is 1. The maximum absolute atomic E-state index is 5.96. The molecule has 0 radical (unpaired) electrons. The van der Waals surface area contributed by atoms with Gasteiger partial charge in [-0.3, -0.25) is 0 Å². The number of hydrogen-bond acceptors (Lipinski definition) is 2. The predicted molar refractivity (Wildman–Crippen MR) is 74.0 cm³/mol. The Hall–Kier alpha value is -0.730. The molecule has 1 N–H and O–H groups in total. The molecule has 2 nitrogen and oxygen atoms in total. The average Bonchev–Trinajstić information content (AvgIpc) is 2.23. The van der Waals surface area contributed by atoms with Crippen molar-refractivity contribution < 1.29 is 4.74 Å². The Bertz CT molecular complexity index is 354. The van der Waals surface area contributed by atoms with Crippen molar-refractivity contribution in [3.05, 3.63) is 28.8 Å². The van der Waals surface area contributed by atoms with Gasteiger partial charge in [0, 0.05) is 11.1 Å². The van der Waals surface area contributed by atoms with Gasteiger partial charge < -0.3 is 10.1 Å². The van der Waals surface area contributed by atoms with Gasteiger partial charge in [-0.15, -0.1) is 0 Å². The second-order valence-electron chi connectivity index (χ2n) is 4.53. The lowest BCUT2D eigenvalue weighted by atomic mass is 10.1. The van der Waals surface area contributed by atoms with E-state index in [1.807, 2.05) is 25.1 Å². The van der Waals surface area contributed by atoms with Crippen molar-refractivity contribution in [3.63, 3.8) is 0 Å². The highest BCUT2D eigenvalue weighted by Crippen LogP contribution is 2.24. The van der Waals surface area contributed by atoms with Crippen LogP contribution in [-0.4, -0.2) is 18.7 Å². The minimum absolute atomic E-state index is 0.182. The largest absolute Gasteiger partial charge is 0.490 e. The summed E-state index contributed by atoms with van der Waals surface area (Å²) in [6.45, 7) is 9.40. The molecule has 1 rings (SSSR count). The van der Waals surface area contributed by atoms with Gasteiger partial charge in [0.2, 0.25) is 0 Å². The lowest BCUT2D eigenvalue weighted by molar-refractivity contribution is 0.195. The van der Waals surface area contributed by atoms with E-state index < -0.39 is 0 Å². The molecule has 0 aliphatic rings. The Morgan fingerprint density at radius 1 is 1.35 bits per heavy atom. The Balaban J connectivity index is 2.55. The van der Waals surface area contributed by atoms with Crippen molar-refractivity contribution in [1.29, 1.82) is 0 Å². The zero-order chi connectivity index (χ0) is 12.8. The van der Waals surface area contributed by atoms with Gasteiger partial charge in [-0.1, -0.05) is 24.6 Å². The van der Waals surface area contributed by atoms with Crippen molar-refractivity contribution in [3.8, 4) is 5.75 Å². The van der Waals surface area contributed by atoms with Gasteiger partial charge in [0.15, 0.2) is 0 Å². The van der Waals surface area contributed by atoms with E-state index in [0.29, 0.717) is 6.04 Å². The number of benzene rings is 1. The third kappa shape index (κ3) is 4.97. The lowest BCUT2D eigenvalue weighted by Gasteiger charge is -2.20. The first-order valence-electron chi connectivity index (χ1n) is 6.19. The summed E-state index contributed by atoms with van der Waals surface area (Å²) in [5.74, 6) is 0.883. The monoisotopic (exact) mass is 255 g/mol. The Kier molecular flexibility index (Phi) is 5.79. The lowest BCUT2D eigenvalue weighted by Crippen LogP contribution is -2.30. The summed E-state index contributed by atoms with van der Waals surface area (Å²) in [5, 5.41) is 4.10. The topological polar surface area (TPSA) is 21.3 Å². The fourth-order valence-electron chi connectivity index (χ4n) is 1.90. The molecule has 96 valence electrons. The predicted octanol–water partition coefficient (Wildman–Crippen LogP) is 3.80. The van der Waals surface area contributed by atoms with Crippen LogP contribution in [0.25, 0.3) is 0 Å². The van der Waals surface area contributed by atoms with Crippen LogP contribution in [0.5, 0.6) is 5.75 Å². The standard InChI is InChI=1S/C14H22ClNO/c1-5-16-11(3)8-12(4)17-14-9-13(15)7-6-10(14)2/h6-7,9,11-12,16H,5,8H2,1-4H3. The number of nitrogens with one attached hydrogen (secondary N) is 1. The van der Waals surface area contributed by atoms with Gasteiger partial charge in [-0.25, -0.2) is 0 Å². The normalized spacial score (nSPS) is 14.4. The molecule has 0 fully saturated rings. The summed E-state index contributed by atoms with van der Waals surface area (Å²) in [4.78, 5) is 0. The van der Waals surface area contributed by atoms with E-state index in [1.54, 1.807) is 0 Å². The van der Waals surface area contributed by atoms with E-state index in [-0.39, 0.29) is 6.10 Å². The van der Waals surface area contributed by atoms with E-state index in [1.165, 1.54) is 0 Å². The highest BCUT2D eigenvalue weighted by molar-refractivity contribution is 6.30. The van der Waals surface area contributed by atoms with Crippen molar-refractivity contribution in [1.82, 2.24) is 5.32 Å². The van der Waals surface area contributed by atoms with E-state index in [9.17, 15) is 0 Å². The molecule has 0 bridgehead atoms. The molecule has 0 saturated heterocycles. The molecule has 0 heterocycles. The van der Waals surface area contributed by atoms with Gasteiger partial charge in [0.05, 0.1) is 6.10 Å². The molecule has 0 aliphatic heterocycles.